The van der Waals surface area contributed by atoms with Crippen LogP contribution in [0.1, 0.15) is 115 Å². The van der Waals surface area contributed by atoms with Gasteiger partial charge in [0.1, 0.15) is 0 Å². The van der Waals surface area contributed by atoms with E-state index in [1.165, 1.54) is 89.9 Å². The Kier molecular flexibility index (Phi) is 20.3. The fourth-order valence-corrected chi connectivity index (χ4v) is 4.53. The Labute approximate surface area is 216 Å². The minimum absolute atomic E-state index is 0. The number of aryl methyl sites for hydroxylation is 1. The van der Waals surface area contributed by atoms with Gasteiger partial charge in [0.15, 0.2) is 0 Å². The molecule has 0 saturated heterocycles. The molecule has 5 heteroatoms. The molecule has 0 heterocycles. The van der Waals surface area contributed by atoms with Crippen molar-refractivity contribution in [2.24, 2.45) is 0 Å². The summed E-state index contributed by atoms with van der Waals surface area (Å²) < 4.78 is 29.3. The zero-order valence-corrected chi connectivity index (χ0v) is 19.8. The third-order valence-electron chi connectivity index (χ3n) is 5.55. The van der Waals surface area contributed by atoms with Crippen LogP contribution in [0.5, 0.6) is 0 Å². The number of unbranched alkanes of at least 4 members (excludes halogenated alkanes) is 15. The Morgan fingerprint density at radius 3 is 1.40 bits per heavy atom. The van der Waals surface area contributed by atoms with Gasteiger partial charge in [-0.1, -0.05) is 121 Å². The van der Waals surface area contributed by atoms with Gasteiger partial charge in [-0.25, -0.2) is 0 Å². The summed E-state index contributed by atoms with van der Waals surface area (Å²) in [5.74, 6) is 0. The van der Waals surface area contributed by atoms with Crippen LogP contribution in [0.3, 0.4) is 0 Å². The molecule has 172 valence electrons. The standard InChI is InChI=1S/C25H44O3S.Ca.2H/c1-3-4-5-6-7-8-9-10-11-12-13-14-15-16-17-18-23-28-29(26,27)25-21-19-24(2)20-22-25;;;/h19-22H,3-18,23H2,1-2H3;;;. The third-order valence-corrected chi connectivity index (χ3v) is 6.87. The Balaban J connectivity index is 0.00000841. The van der Waals surface area contributed by atoms with E-state index in [4.69, 9.17) is 4.18 Å². The molecule has 0 atom stereocenters. The van der Waals surface area contributed by atoms with Crippen molar-refractivity contribution in [2.45, 2.75) is 121 Å². The number of benzene rings is 1. The fourth-order valence-electron chi connectivity index (χ4n) is 3.59. The molecule has 0 N–H and O–H groups in total. The molecular formula is C25H46CaO3S. The van der Waals surface area contributed by atoms with Crippen LogP contribution in [-0.4, -0.2) is 52.8 Å². The summed E-state index contributed by atoms with van der Waals surface area (Å²) in [5, 5.41) is 0. The van der Waals surface area contributed by atoms with E-state index in [1.54, 1.807) is 24.3 Å². The quantitative estimate of drug-likeness (QED) is 0.125. The first kappa shape index (κ1) is 30.4. The summed E-state index contributed by atoms with van der Waals surface area (Å²) in [7, 11) is -3.60. The average Bonchev–Trinajstić information content (AvgIpc) is 2.70. The maximum atomic E-state index is 12.1. The summed E-state index contributed by atoms with van der Waals surface area (Å²) >= 11 is 0. The molecule has 0 aliphatic carbocycles. The Hall–Kier alpha value is 0.390. The molecular weight excluding hydrogens is 420 g/mol. The molecule has 1 rings (SSSR count). The fraction of sp³-hybridized carbons (Fsp3) is 0.760. The summed E-state index contributed by atoms with van der Waals surface area (Å²) in [6, 6.07) is 6.81. The summed E-state index contributed by atoms with van der Waals surface area (Å²) in [6.07, 6.45) is 20.9. The van der Waals surface area contributed by atoms with Crippen molar-refractivity contribution in [3.63, 3.8) is 0 Å². The molecule has 0 aliphatic heterocycles. The van der Waals surface area contributed by atoms with Crippen LogP contribution >= 0.6 is 0 Å². The van der Waals surface area contributed by atoms with Crippen LogP contribution in [0.25, 0.3) is 0 Å². The maximum absolute atomic E-state index is 12.1. The van der Waals surface area contributed by atoms with Gasteiger partial charge in [-0.2, -0.15) is 8.42 Å². The molecule has 3 nitrogen and oxygen atoms in total. The van der Waals surface area contributed by atoms with Crippen molar-refractivity contribution >= 4 is 47.9 Å². The van der Waals surface area contributed by atoms with E-state index in [9.17, 15) is 8.42 Å². The van der Waals surface area contributed by atoms with Crippen LogP contribution in [0.2, 0.25) is 0 Å². The first-order valence-electron chi connectivity index (χ1n) is 12.0. The summed E-state index contributed by atoms with van der Waals surface area (Å²) in [6.45, 7) is 4.50. The molecule has 0 aromatic heterocycles. The molecule has 0 aliphatic rings. The van der Waals surface area contributed by atoms with Crippen molar-refractivity contribution in [2.75, 3.05) is 6.61 Å². The van der Waals surface area contributed by atoms with Gasteiger partial charge in [0.25, 0.3) is 10.1 Å². The van der Waals surface area contributed by atoms with Crippen LogP contribution in [0, 0.1) is 6.92 Å². The molecule has 1 aromatic rings. The molecule has 0 unspecified atom stereocenters. The zero-order valence-electron chi connectivity index (χ0n) is 19.0. The van der Waals surface area contributed by atoms with Gasteiger partial charge in [0.2, 0.25) is 0 Å². The second-order valence-electron chi connectivity index (χ2n) is 8.39. The van der Waals surface area contributed by atoms with E-state index in [-0.39, 0.29) is 49.2 Å². The minimum atomic E-state index is -3.60. The van der Waals surface area contributed by atoms with E-state index in [1.807, 2.05) is 6.92 Å². The van der Waals surface area contributed by atoms with Gasteiger partial charge >= 0.3 is 37.7 Å². The Morgan fingerprint density at radius 2 is 1.00 bits per heavy atom. The predicted octanol–water partition coefficient (Wildman–Crippen LogP) is 7.05. The normalized spacial score (nSPS) is 11.4. The molecule has 0 bridgehead atoms. The van der Waals surface area contributed by atoms with E-state index < -0.39 is 10.1 Å². The first-order chi connectivity index (χ1) is 14.1. The molecule has 30 heavy (non-hydrogen) atoms. The van der Waals surface area contributed by atoms with E-state index in [2.05, 4.69) is 6.92 Å². The molecule has 0 saturated carbocycles. The van der Waals surface area contributed by atoms with Crippen LogP contribution in [0.4, 0.5) is 0 Å². The second kappa shape index (κ2) is 20.0. The molecule has 0 amide bonds. The Morgan fingerprint density at radius 1 is 0.633 bits per heavy atom. The number of hydrogen-bond donors (Lipinski definition) is 0. The van der Waals surface area contributed by atoms with Gasteiger partial charge < -0.3 is 0 Å². The van der Waals surface area contributed by atoms with Crippen LogP contribution in [-0.2, 0) is 14.3 Å². The van der Waals surface area contributed by atoms with Gasteiger partial charge in [0, 0.05) is 0 Å². The van der Waals surface area contributed by atoms with Crippen molar-refractivity contribution in [1.82, 2.24) is 0 Å². The predicted molar refractivity (Wildman–Crippen MR) is 132 cm³/mol. The van der Waals surface area contributed by atoms with Crippen molar-refractivity contribution < 1.29 is 12.6 Å². The second-order valence-corrected chi connectivity index (χ2v) is 10.0. The van der Waals surface area contributed by atoms with Crippen LogP contribution in [0.15, 0.2) is 29.2 Å². The SMILES string of the molecule is CCCCCCCCCCCCCCCCCCOS(=O)(=O)c1ccc(C)cc1.[CaH2]. The molecule has 0 fully saturated rings. The topological polar surface area (TPSA) is 43.4 Å². The third kappa shape index (κ3) is 16.1. The van der Waals surface area contributed by atoms with E-state index >= 15 is 0 Å². The van der Waals surface area contributed by atoms with E-state index in [0.717, 1.165) is 18.4 Å². The summed E-state index contributed by atoms with van der Waals surface area (Å²) in [5.41, 5.74) is 1.04. The van der Waals surface area contributed by atoms with Crippen LogP contribution < -0.4 is 0 Å². The van der Waals surface area contributed by atoms with Gasteiger partial charge in [0.05, 0.1) is 11.5 Å². The van der Waals surface area contributed by atoms with Crippen molar-refractivity contribution in [3.8, 4) is 0 Å². The van der Waals surface area contributed by atoms with E-state index in [0.29, 0.717) is 0 Å². The van der Waals surface area contributed by atoms with Gasteiger partial charge in [-0.15, -0.1) is 0 Å². The number of hydrogen-bond acceptors (Lipinski definition) is 3. The Bertz CT molecular complexity index is 599. The number of rotatable bonds is 19. The van der Waals surface area contributed by atoms with Gasteiger partial charge in [-0.3, -0.25) is 4.18 Å². The molecule has 0 spiro atoms. The zero-order chi connectivity index (χ0) is 21.2. The van der Waals surface area contributed by atoms with Crippen molar-refractivity contribution in [3.05, 3.63) is 29.8 Å². The first-order valence-corrected chi connectivity index (χ1v) is 13.4. The monoisotopic (exact) mass is 466 g/mol. The molecule has 1 aromatic carbocycles. The molecule has 0 radical (unpaired) electrons. The summed E-state index contributed by atoms with van der Waals surface area (Å²) in [4.78, 5) is 0.250. The van der Waals surface area contributed by atoms with Crippen molar-refractivity contribution in [1.29, 1.82) is 0 Å². The average molecular weight is 467 g/mol. The van der Waals surface area contributed by atoms with Gasteiger partial charge in [-0.05, 0) is 25.5 Å².